The number of esters is 1. The van der Waals surface area contributed by atoms with Crippen LogP contribution < -0.4 is 0 Å². The highest BCUT2D eigenvalue weighted by Gasteiger charge is 2.09. The van der Waals surface area contributed by atoms with Crippen LogP contribution in [0.5, 0.6) is 0 Å². The van der Waals surface area contributed by atoms with E-state index in [1.807, 2.05) is 13.8 Å². The summed E-state index contributed by atoms with van der Waals surface area (Å²) in [5, 5.41) is 2.18. The van der Waals surface area contributed by atoms with Crippen LogP contribution in [0.4, 0.5) is 0 Å². The minimum Gasteiger partial charge on any atom is -0.460 e. The predicted molar refractivity (Wildman–Crippen MR) is 47.2 cm³/mol. The number of carbonyl (C=O) groups excluding carboxylic acids is 1. The fourth-order valence-electron chi connectivity index (χ4n) is 0.628. The summed E-state index contributed by atoms with van der Waals surface area (Å²) in [5.41, 5.74) is 0. The Balaban J connectivity index is 2.40. The zero-order chi connectivity index (χ0) is 8.97. The Kier molecular flexibility index (Phi) is 3.22. The molecular formula is C8H11NO2S. The molecule has 0 aliphatic rings. The SMILES string of the molecule is CC(C)COC(=O)c1nccs1. The van der Waals surface area contributed by atoms with Crippen molar-refractivity contribution in [2.45, 2.75) is 13.8 Å². The molecule has 0 aliphatic carbocycles. The number of nitrogens with zero attached hydrogens (tertiary/aromatic N) is 1. The topological polar surface area (TPSA) is 39.2 Å². The number of thiazole rings is 1. The van der Waals surface area contributed by atoms with Gasteiger partial charge >= 0.3 is 5.97 Å². The van der Waals surface area contributed by atoms with Crippen LogP contribution in [0.1, 0.15) is 23.6 Å². The van der Waals surface area contributed by atoms with E-state index in [0.717, 1.165) is 0 Å². The van der Waals surface area contributed by atoms with Crippen LogP contribution in [-0.2, 0) is 4.74 Å². The molecule has 0 aliphatic heterocycles. The number of hydrogen-bond acceptors (Lipinski definition) is 4. The molecule has 0 spiro atoms. The summed E-state index contributed by atoms with van der Waals surface area (Å²) in [6, 6.07) is 0. The fraction of sp³-hybridized carbons (Fsp3) is 0.500. The molecule has 0 aromatic carbocycles. The van der Waals surface area contributed by atoms with Crippen LogP contribution in [0, 0.1) is 5.92 Å². The third kappa shape index (κ3) is 2.62. The number of carbonyl (C=O) groups is 1. The molecule has 0 bridgehead atoms. The van der Waals surface area contributed by atoms with Crippen LogP contribution >= 0.6 is 11.3 Å². The molecule has 0 radical (unpaired) electrons. The first kappa shape index (κ1) is 9.19. The van der Waals surface area contributed by atoms with E-state index in [4.69, 9.17) is 4.74 Å². The molecule has 0 saturated heterocycles. The summed E-state index contributed by atoms with van der Waals surface area (Å²) in [5.74, 6) is 0.0487. The zero-order valence-electron chi connectivity index (χ0n) is 7.11. The number of ether oxygens (including phenoxy) is 1. The second-order valence-electron chi connectivity index (χ2n) is 2.83. The van der Waals surface area contributed by atoms with Crippen molar-refractivity contribution in [3.05, 3.63) is 16.6 Å². The van der Waals surface area contributed by atoms with Gasteiger partial charge in [0.05, 0.1) is 6.61 Å². The lowest BCUT2D eigenvalue weighted by molar-refractivity contribution is 0.0458. The Labute approximate surface area is 75.4 Å². The van der Waals surface area contributed by atoms with Crippen molar-refractivity contribution < 1.29 is 9.53 Å². The Hall–Kier alpha value is -0.900. The van der Waals surface area contributed by atoms with E-state index in [9.17, 15) is 4.79 Å². The molecule has 0 N–H and O–H groups in total. The first-order valence-corrected chi connectivity index (χ1v) is 4.64. The number of hydrogen-bond donors (Lipinski definition) is 0. The van der Waals surface area contributed by atoms with E-state index in [-0.39, 0.29) is 5.97 Å². The summed E-state index contributed by atoms with van der Waals surface area (Å²) in [6.45, 7) is 4.45. The molecule has 1 rings (SSSR count). The molecule has 0 amide bonds. The van der Waals surface area contributed by atoms with E-state index in [1.165, 1.54) is 11.3 Å². The van der Waals surface area contributed by atoms with Crippen molar-refractivity contribution in [3.8, 4) is 0 Å². The van der Waals surface area contributed by atoms with E-state index < -0.39 is 0 Å². The van der Waals surface area contributed by atoms with Crippen LogP contribution in [0.3, 0.4) is 0 Å². The Bertz CT molecular complexity index is 244. The second-order valence-corrected chi connectivity index (χ2v) is 3.72. The van der Waals surface area contributed by atoms with Gasteiger partial charge in [0.1, 0.15) is 0 Å². The molecule has 1 aromatic heterocycles. The van der Waals surface area contributed by atoms with Crippen LogP contribution in [0.25, 0.3) is 0 Å². The highest BCUT2D eigenvalue weighted by Crippen LogP contribution is 2.06. The maximum absolute atomic E-state index is 11.1. The smallest absolute Gasteiger partial charge is 0.367 e. The van der Waals surface area contributed by atoms with Crippen molar-refractivity contribution in [2.24, 2.45) is 5.92 Å². The molecular weight excluding hydrogens is 174 g/mol. The Morgan fingerprint density at radius 2 is 2.50 bits per heavy atom. The van der Waals surface area contributed by atoms with Crippen molar-refractivity contribution in [3.63, 3.8) is 0 Å². The lowest BCUT2D eigenvalue weighted by Crippen LogP contribution is -2.09. The maximum Gasteiger partial charge on any atom is 0.367 e. The van der Waals surface area contributed by atoms with Crippen LogP contribution in [0.15, 0.2) is 11.6 Å². The molecule has 12 heavy (non-hydrogen) atoms. The zero-order valence-corrected chi connectivity index (χ0v) is 7.93. The second kappa shape index (κ2) is 4.21. The van der Waals surface area contributed by atoms with Gasteiger partial charge in [-0.2, -0.15) is 0 Å². The summed E-state index contributed by atoms with van der Waals surface area (Å²) in [6.07, 6.45) is 1.59. The summed E-state index contributed by atoms with van der Waals surface area (Å²) < 4.78 is 4.96. The van der Waals surface area contributed by atoms with Gasteiger partial charge in [0.25, 0.3) is 0 Å². The number of rotatable bonds is 3. The molecule has 0 unspecified atom stereocenters. The van der Waals surface area contributed by atoms with Crippen molar-refractivity contribution in [2.75, 3.05) is 6.61 Å². The lowest BCUT2D eigenvalue weighted by atomic mass is 10.2. The van der Waals surface area contributed by atoms with E-state index in [1.54, 1.807) is 11.6 Å². The lowest BCUT2D eigenvalue weighted by Gasteiger charge is -2.04. The standard InChI is InChI=1S/C8H11NO2S/c1-6(2)5-11-8(10)7-9-3-4-12-7/h3-4,6H,5H2,1-2H3. The van der Waals surface area contributed by atoms with Gasteiger partial charge in [-0.05, 0) is 5.92 Å². The van der Waals surface area contributed by atoms with Gasteiger partial charge in [-0.1, -0.05) is 13.8 Å². The fourth-order valence-corrected chi connectivity index (χ4v) is 1.16. The van der Waals surface area contributed by atoms with Gasteiger partial charge in [0.15, 0.2) is 0 Å². The first-order chi connectivity index (χ1) is 5.70. The average molecular weight is 185 g/mol. The molecule has 66 valence electrons. The first-order valence-electron chi connectivity index (χ1n) is 3.76. The Morgan fingerprint density at radius 3 is 3.00 bits per heavy atom. The largest absolute Gasteiger partial charge is 0.460 e. The molecule has 1 aromatic rings. The highest BCUT2D eigenvalue weighted by atomic mass is 32.1. The van der Waals surface area contributed by atoms with Crippen molar-refractivity contribution >= 4 is 17.3 Å². The molecule has 0 atom stereocenters. The predicted octanol–water partition coefficient (Wildman–Crippen LogP) is 1.96. The summed E-state index contributed by atoms with van der Waals surface area (Å²) in [4.78, 5) is 15.0. The molecule has 4 heteroatoms. The minimum atomic E-state index is -0.321. The maximum atomic E-state index is 11.1. The van der Waals surface area contributed by atoms with Gasteiger partial charge in [-0.3, -0.25) is 0 Å². The Morgan fingerprint density at radius 1 is 1.75 bits per heavy atom. The summed E-state index contributed by atoms with van der Waals surface area (Å²) in [7, 11) is 0. The average Bonchev–Trinajstić information content (AvgIpc) is 2.51. The molecule has 1 heterocycles. The minimum absolute atomic E-state index is 0.321. The third-order valence-electron chi connectivity index (χ3n) is 1.15. The normalized spacial score (nSPS) is 10.2. The molecule has 3 nitrogen and oxygen atoms in total. The molecule has 0 fully saturated rings. The van der Waals surface area contributed by atoms with Crippen LogP contribution in [-0.4, -0.2) is 17.6 Å². The van der Waals surface area contributed by atoms with E-state index in [0.29, 0.717) is 17.5 Å². The number of aromatic nitrogens is 1. The summed E-state index contributed by atoms with van der Waals surface area (Å²) >= 11 is 1.30. The van der Waals surface area contributed by atoms with Crippen molar-refractivity contribution in [1.82, 2.24) is 4.98 Å². The van der Waals surface area contributed by atoms with Crippen molar-refractivity contribution in [1.29, 1.82) is 0 Å². The van der Waals surface area contributed by atoms with Gasteiger partial charge in [-0.25, -0.2) is 9.78 Å². The van der Waals surface area contributed by atoms with Gasteiger partial charge < -0.3 is 4.74 Å². The van der Waals surface area contributed by atoms with E-state index >= 15 is 0 Å². The molecule has 0 saturated carbocycles. The monoisotopic (exact) mass is 185 g/mol. The quantitative estimate of drug-likeness (QED) is 0.676. The highest BCUT2D eigenvalue weighted by molar-refractivity contribution is 7.11. The van der Waals surface area contributed by atoms with Gasteiger partial charge in [-0.15, -0.1) is 11.3 Å². The van der Waals surface area contributed by atoms with Crippen LogP contribution in [0.2, 0.25) is 0 Å². The van der Waals surface area contributed by atoms with Gasteiger partial charge in [0.2, 0.25) is 5.01 Å². The van der Waals surface area contributed by atoms with E-state index in [2.05, 4.69) is 4.98 Å². The third-order valence-corrected chi connectivity index (χ3v) is 1.91. The van der Waals surface area contributed by atoms with Gasteiger partial charge in [0, 0.05) is 11.6 Å².